The Bertz CT molecular complexity index is 1010. The van der Waals surface area contributed by atoms with E-state index >= 15 is 0 Å². The maximum atomic E-state index is 9.62. The molecule has 28 heavy (non-hydrogen) atoms. The van der Waals surface area contributed by atoms with Crippen LogP contribution in [0.3, 0.4) is 0 Å². The van der Waals surface area contributed by atoms with E-state index < -0.39 is 0 Å². The van der Waals surface area contributed by atoms with E-state index in [0.717, 1.165) is 36.8 Å². The molecule has 0 unspecified atom stereocenters. The molecule has 0 aromatic carbocycles. The van der Waals surface area contributed by atoms with Gasteiger partial charge in [-0.3, -0.25) is 0 Å². The number of hydrogen-bond acceptors (Lipinski definition) is 8. The third kappa shape index (κ3) is 3.54. The Morgan fingerprint density at radius 2 is 2.07 bits per heavy atom. The molecule has 7 nitrogen and oxygen atoms in total. The summed E-state index contributed by atoms with van der Waals surface area (Å²) in [4.78, 5) is 16.0. The number of anilines is 2. The second-order valence-corrected chi connectivity index (χ2v) is 7.47. The Morgan fingerprint density at radius 3 is 2.75 bits per heavy atom. The van der Waals surface area contributed by atoms with Gasteiger partial charge in [-0.1, -0.05) is 6.07 Å². The number of thiazole rings is 1. The van der Waals surface area contributed by atoms with Crippen LogP contribution in [0, 0.1) is 11.3 Å². The average Bonchev–Trinajstić information content (AvgIpc) is 3.28. The van der Waals surface area contributed by atoms with Crippen molar-refractivity contribution in [2.24, 2.45) is 0 Å². The van der Waals surface area contributed by atoms with Crippen molar-refractivity contribution in [3.8, 4) is 28.2 Å². The van der Waals surface area contributed by atoms with Crippen LogP contribution in [0.15, 0.2) is 35.8 Å². The minimum atomic E-state index is 0.307. The van der Waals surface area contributed by atoms with Crippen molar-refractivity contribution in [1.82, 2.24) is 15.0 Å². The summed E-state index contributed by atoms with van der Waals surface area (Å²) in [6, 6.07) is 9.65. The number of aromatic nitrogens is 3. The van der Waals surface area contributed by atoms with E-state index in [9.17, 15) is 5.26 Å². The van der Waals surface area contributed by atoms with E-state index in [-0.39, 0.29) is 0 Å². The molecule has 4 heterocycles. The highest BCUT2D eigenvalue weighted by molar-refractivity contribution is 7.13. The van der Waals surface area contributed by atoms with Gasteiger partial charge in [-0.25, -0.2) is 15.0 Å². The van der Waals surface area contributed by atoms with Crippen molar-refractivity contribution in [3.05, 3.63) is 41.4 Å². The SMILES string of the molecule is COC1CCN(c2cccc(-c3nc(-c4nccs4)cc(N)c3C#N)n2)CC1. The molecule has 1 saturated heterocycles. The molecule has 0 spiro atoms. The number of nitrogens with zero attached hydrogens (tertiary/aromatic N) is 5. The Hall–Kier alpha value is -3.02. The molecule has 1 aliphatic heterocycles. The number of methoxy groups -OCH3 is 1. The molecular weight excluding hydrogens is 372 g/mol. The van der Waals surface area contributed by atoms with Crippen LogP contribution in [0.2, 0.25) is 0 Å². The van der Waals surface area contributed by atoms with Gasteiger partial charge >= 0.3 is 0 Å². The van der Waals surface area contributed by atoms with Gasteiger partial charge in [0.25, 0.3) is 0 Å². The van der Waals surface area contributed by atoms with Crippen LogP contribution in [-0.4, -0.2) is 41.3 Å². The molecule has 8 heteroatoms. The summed E-state index contributed by atoms with van der Waals surface area (Å²) in [5.41, 5.74) is 8.63. The van der Waals surface area contributed by atoms with Gasteiger partial charge in [-0.05, 0) is 31.0 Å². The van der Waals surface area contributed by atoms with Gasteiger partial charge in [0.05, 0.1) is 17.5 Å². The van der Waals surface area contributed by atoms with Gasteiger partial charge in [0, 0.05) is 31.8 Å². The lowest BCUT2D eigenvalue weighted by atomic mass is 10.1. The van der Waals surface area contributed by atoms with Gasteiger partial charge in [-0.2, -0.15) is 5.26 Å². The molecule has 0 radical (unpaired) electrons. The number of nitrogens with two attached hydrogens (primary N) is 1. The largest absolute Gasteiger partial charge is 0.398 e. The van der Waals surface area contributed by atoms with Crippen LogP contribution < -0.4 is 10.6 Å². The lowest BCUT2D eigenvalue weighted by molar-refractivity contribution is 0.0818. The number of piperidine rings is 1. The summed E-state index contributed by atoms with van der Waals surface area (Å²) < 4.78 is 5.45. The van der Waals surface area contributed by atoms with Crippen molar-refractivity contribution in [1.29, 1.82) is 5.26 Å². The molecule has 1 fully saturated rings. The smallest absolute Gasteiger partial charge is 0.141 e. The fraction of sp³-hybridized carbons (Fsp3) is 0.300. The zero-order valence-corrected chi connectivity index (χ0v) is 16.3. The summed E-state index contributed by atoms with van der Waals surface area (Å²) in [6.45, 7) is 1.77. The highest BCUT2D eigenvalue weighted by Crippen LogP contribution is 2.31. The lowest BCUT2D eigenvalue weighted by Gasteiger charge is -2.32. The van der Waals surface area contributed by atoms with E-state index in [2.05, 4.69) is 20.9 Å². The zero-order valence-electron chi connectivity index (χ0n) is 15.5. The third-order valence-corrected chi connectivity index (χ3v) is 5.69. The third-order valence-electron chi connectivity index (χ3n) is 4.89. The van der Waals surface area contributed by atoms with Crippen molar-refractivity contribution >= 4 is 22.8 Å². The number of pyridine rings is 2. The number of ether oxygens (including phenoxy) is 1. The minimum absolute atomic E-state index is 0.307. The van der Waals surface area contributed by atoms with Crippen LogP contribution in [0.4, 0.5) is 11.5 Å². The second kappa shape index (κ2) is 7.92. The highest BCUT2D eigenvalue weighted by atomic mass is 32.1. The molecule has 3 aromatic rings. The normalized spacial score (nSPS) is 14.8. The maximum Gasteiger partial charge on any atom is 0.141 e. The molecule has 0 aliphatic carbocycles. The molecule has 0 saturated carbocycles. The predicted octanol–water partition coefficient (Wildman–Crippen LogP) is 3.34. The highest BCUT2D eigenvalue weighted by Gasteiger charge is 2.21. The second-order valence-electron chi connectivity index (χ2n) is 6.57. The van der Waals surface area contributed by atoms with Crippen LogP contribution in [-0.2, 0) is 4.74 Å². The van der Waals surface area contributed by atoms with Crippen LogP contribution in [0.5, 0.6) is 0 Å². The van der Waals surface area contributed by atoms with Crippen LogP contribution in [0.25, 0.3) is 22.1 Å². The van der Waals surface area contributed by atoms with Gasteiger partial charge in [-0.15, -0.1) is 11.3 Å². The predicted molar refractivity (Wildman–Crippen MR) is 110 cm³/mol. The van der Waals surface area contributed by atoms with Crippen LogP contribution in [0.1, 0.15) is 18.4 Å². The van der Waals surface area contributed by atoms with Gasteiger partial charge < -0.3 is 15.4 Å². The Balaban J connectivity index is 1.72. The number of rotatable bonds is 4. The molecular formula is C20H20N6OS. The Labute approximate surface area is 167 Å². The zero-order chi connectivity index (χ0) is 19.5. The fourth-order valence-electron chi connectivity index (χ4n) is 3.38. The van der Waals surface area contributed by atoms with E-state index in [1.807, 2.05) is 23.6 Å². The van der Waals surface area contributed by atoms with E-state index in [4.69, 9.17) is 15.5 Å². The Morgan fingerprint density at radius 1 is 1.25 bits per heavy atom. The summed E-state index contributed by atoms with van der Waals surface area (Å²) in [6.07, 6.45) is 3.96. The maximum absolute atomic E-state index is 9.62. The first kappa shape index (κ1) is 18.3. The van der Waals surface area contributed by atoms with Crippen molar-refractivity contribution in [2.75, 3.05) is 30.8 Å². The molecule has 0 amide bonds. The van der Waals surface area contributed by atoms with E-state index in [1.165, 1.54) is 11.3 Å². The number of nitriles is 1. The molecule has 4 rings (SSSR count). The minimum Gasteiger partial charge on any atom is -0.398 e. The Kier molecular flexibility index (Phi) is 5.19. The quantitative estimate of drug-likeness (QED) is 0.726. The summed E-state index contributed by atoms with van der Waals surface area (Å²) in [5.74, 6) is 0.871. The molecule has 142 valence electrons. The number of hydrogen-bond donors (Lipinski definition) is 1. The summed E-state index contributed by atoms with van der Waals surface area (Å²) in [5, 5.41) is 12.3. The van der Waals surface area contributed by atoms with Gasteiger partial charge in [0.1, 0.15) is 33.8 Å². The summed E-state index contributed by atoms with van der Waals surface area (Å²) in [7, 11) is 1.76. The fourth-order valence-corrected chi connectivity index (χ4v) is 3.98. The van der Waals surface area contributed by atoms with E-state index in [0.29, 0.717) is 34.4 Å². The molecule has 0 atom stereocenters. The molecule has 2 N–H and O–H groups in total. The first-order valence-electron chi connectivity index (χ1n) is 9.05. The number of nitrogen functional groups attached to an aromatic ring is 1. The monoisotopic (exact) mass is 392 g/mol. The first-order chi connectivity index (χ1) is 13.7. The average molecular weight is 392 g/mol. The van der Waals surface area contributed by atoms with Crippen molar-refractivity contribution in [2.45, 2.75) is 18.9 Å². The first-order valence-corrected chi connectivity index (χ1v) is 9.93. The molecule has 1 aliphatic rings. The lowest BCUT2D eigenvalue weighted by Crippen LogP contribution is -2.37. The van der Waals surface area contributed by atoms with Crippen molar-refractivity contribution in [3.63, 3.8) is 0 Å². The topological polar surface area (TPSA) is 101 Å². The van der Waals surface area contributed by atoms with Gasteiger partial charge in [0.2, 0.25) is 0 Å². The molecule has 0 bridgehead atoms. The van der Waals surface area contributed by atoms with Crippen molar-refractivity contribution < 1.29 is 4.74 Å². The van der Waals surface area contributed by atoms with Gasteiger partial charge in [0.15, 0.2) is 0 Å². The molecule has 3 aromatic heterocycles. The van der Waals surface area contributed by atoms with Crippen LogP contribution >= 0.6 is 11.3 Å². The summed E-state index contributed by atoms with van der Waals surface area (Å²) >= 11 is 1.48. The standard InChI is InChI=1S/C20H20N6OS/c1-27-13-5-8-26(9-6-13)18-4-2-3-16(24-18)19-14(12-21)15(22)11-17(25-19)20-23-7-10-28-20/h2-4,7,10-11,13H,5-6,8-9H2,1H3,(H2,22,25). The van der Waals surface area contributed by atoms with E-state index in [1.54, 1.807) is 19.4 Å².